The van der Waals surface area contributed by atoms with Gasteiger partial charge in [-0.25, -0.2) is 0 Å². The highest BCUT2D eigenvalue weighted by atomic mass is 32.1. The third-order valence-corrected chi connectivity index (χ3v) is 4.96. The molecule has 1 aromatic heterocycles. The summed E-state index contributed by atoms with van der Waals surface area (Å²) >= 11 is 1.73. The highest BCUT2D eigenvalue weighted by Gasteiger charge is 2.22. The zero-order chi connectivity index (χ0) is 12.3. The summed E-state index contributed by atoms with van der Waals surface area (Å²) in [6.07, 6.45) is 8.15. The number of hydrogen-bond donors (Lipinski definition) is 1. The Hall–Kier alpha value is -0.540. The van der Waals surface area contributed by atoms with Crippen LogP contribution in [0.5, 0.6) is 0 Å². The monoisotopic (exact) mass is 252 g/mol. The van der Waals surface area contributed by atoms with E-state index in [0.717, 1.165) is 17.5 Å². The van der Waals surface area contributed by atoms with E-state index in [0.29, 0.717) is 6.04 Å². The SMILES string of the molecule is CC(Cc1ccc(N)s1)N(C)C1CCCCC1. The van der Waals surface area contributed by atoms with Crippen LogP contribution in [0.1, 0.15) is 43.9 Å². The van der Waals surface area contributed by atoms with Crippen molar-refractivity contribution in [3.8, 4) is 0 Å². The molecule has 1 aromatic rings. The predicted octanol–water partition coefficient (Wildman–Crippen LogP) is 3.53. The van der Waals surface area contributed by atoms with Crippen molar-refractivity contribution in [1.82, 2.24) is 4.90 Å². The number of likely N-dealkylation sites (N-methyl/N-ethyl adjacent to an activating group) is 1. The number of thiophene rings is 1. The molecule has 1 aliphatic carbocycles. The maximum absolute atomic E-state index is 5.78. The van der Waals surface area contributed by atoms with E-state index in [9.17, 15) is 0 Å². The van der Waals surface area contributed by atoms with Gasteiger partial charge in [0, 0.05) is 17.0 Å². The Morgan fingerprint density at radius 2 is 2.06 bits per heavy atom. The second-order valence-corrected chi connectivity index (χ2v) is 6.51. The third kappa shape index (κ3) is 3.46. The van der Waals surface area contributed by atoms with Gasteiger partial charge in [0.1, 0.15) is 0 Å². The van der Waals surface area contributed by atoms with Crippen molar-refractivity contribution in [2.45, 2.75) is 57.5 Å². The Bertz CT molecular complexity index is 342. The summed E-state index contributed by atoms with van der Waals surface area (Å²) < 4.78 is 0. The van der Waals surface area contributed by atoms with Crippen molar-refractivity contribution >= 4 is 16.3 Å². The molecule has 1 atom stereocenters. The summed E-state index contributed by atoms with van der Waals surface area (Å²) in [4.78, 5) is 3.99. The molecular weight excluding hydrogens is 228 g/mol. The van der Waals surface area contributed by atoms with Gasteiger partial charge in [0.15, 0.2) is 0 Å². The van der Waals surface area contributed by atoms with Crippen molar-refractivity contribution in [1.29, 1.82) is 0 Å². The first-order valence-electron chi connectivity index (χ1n) is 6.73. The molecule has 1 heterocycles. The van der Waals surface area contributed by atoms with Crippen molar-refractivity contribution in [3.05, 3.63) is 17.0 Å². The van der Waals surface area contributed by atoms with E-state index in [1.807, 2.05) is 6.07 Å². The molecule has 0 radical (unpaired) electrons. The lowest BCUT2D eigenvalue weighted by Gasteiger charge is -2.35. The molecule has 0 aromatic carbocycles. The van der Waals surface area contributed by atoms with E-state index in [1.165, 1.54) is 37.0 Å². The van der Waals surface area contributed by atoms with Crippen molar-refractivity contribution in [2.24, 2.45) is 0 Å². The molecule has 0 bridgehead atoms. The number of hydrogen-bond acceptors (Lipinski definition) is 3. The minimum absolute atomic E-state index is 0.621. The Morgan fingerprint density at radius 1 is 1.35 bits per heavy atom. The zero-order valence-electron chi connectivity index (χ0n) is 11.0. The summed E-state index contributed by atoms with van der Waals surface area (Å²) in [5, 5.41) is 0.938. The number of nitrogens with zero attached hydrogens (tertiary/aromatic N) is 1. The van der Waals surface area contributed by atoms with E-state index in [-0.39, 0.29) is 0 Å². The normalized spacial score (nSPS) is 19.7. The molecule has 0 spiro atoms. The van der Waals surface area contributed by atoms with Crippen LogP contribution in [0.2, 0.25) is 0 Å². The number of nitrogens with two attached hydrogens (primary N) is 1. The fourth-order valence-corrected chi connectivity index (χ4v) is 3.69. The summed E-state index contributed by atoms with van der Waals surface area (Å²) in [6.45, 7) is 2.34. The third-order valence-electron chi connectivity index (χ3n) is 4.02. The fourth-order valence-electron chi connectivity index (χ4n) is 2.79. The smallest absolute Gasteiger partial charge is 0.0859 e. The molecular formula is C14H24N2S. The molecule has 1 unspecified atom stereocenters. The fraction of sp³-hybridized carbons (Fsp3) is 0.714. The standard InChI is InChI=1S/C14H24N2S/c1-11(10-13-8-9-14(15)17-13)16(2)12-6-4-3-5-7-12/h8-9,11-12H,3-7,10,15H2,1-2H3. The van der Waals surface area contributed by atoms with Crippen LogP contribution < -0.4 is 5.73 Å². The number of rotatable bonds is 4. The van der Waals surface area contributed by atoms with E-state index in [4.69, 9.17) is 5.73 Å². The summed E-state index contributed by atoms with van der Waals surface area (Å²) in [6, 6.07) is 5.62. The Morgan fingerprint density at radius 3 is 2.65 bits per heavy atom. The van der Waals surface area contributed by atoms with Gasteiger partial charge in [0.05, 0.1) is 5.00 Å². The molecule has 1 aliphatic rings. The molecule has 2 nitrogen and oxygen atoms in total. The van der Waals surface area contributed by atoms with E-state index in [1.54, 1.807) is 11.3 Å². The van der Waals surface area contributed by atoms with Crippen LogP contribution in [0.25, 0.3) is 0 Å². The lowest BCUT2D eigenvalue weighted by atomic mass is 9.93. The lowest BCUT2D eigenvalue weighted by molar-refractivity contribution is 0.146. The molecule has 1 saturated carbocycles. The van der Waals surface area contributed by atoms with Gasteiger partial charge in [-0.05, 0) is 45.4 Å². The Kier molecular flexibility index (Phi) is 4.46. The quantitative estimate of drug-likeness (QED) is 0.888. The zero-order valence-corrected chi connectivity index (χ0v) is 11.8. The summed E-state index contributed by atoms with van der Waals surface area (Å²) in [5.74, 6) is 0. The number of nitrogen functional groups attached to an aromatic ring is 1. The van der Waals surface area contributed by atoms with Crippen LogP contribution >= 0.6 is 11.3 Å². The minimum atomic E-state index is 0.621. The first-order chi connectivity index (χ1) is 8.16. The Labute approximate surface area is 109 Å². The van der Waals surface area contributed by atoms with Gasteiger partial charge >= 0.3 is 0 Å². The second kappa shape index (κ2) is 5.87. The van der Waals surface area contributed by atoms with Gasteiger partial charge in [-0.15, -0.1) is 11.3 Å². The topological polar surface area (TPSA) is 29.3 Å². The van der Waals surface area contributed by atoms with Crippen LogP contribution in [0.15, 0.2) is 12.1 Å². The molecule has 96 valence electrons. The molecule has 3 heteroatoms. The van der Waals surface area contributed by atoms with Crippen molar-refractivity contribution in [3.63, 3.8) is 0 Å². The van der Waals surface area contributed by atoms with Crippen molar-refractivity contribution < 1.29 is 0 Å². The van der Waals surface area contributed by atoms with Crippen molar-refractivity contribution in [2.75, 3.05) is 12.8 Å². The molecule has 2 rings (SSSR count). The van der Waals surface area contributed by atoms with Gasteiger partial charge < -0.3 is 10.6 Å². The molecule has 0 saturated heterocycles. The largest absolute Gasteiger partial charge is 0.391 e. The van der Waals surface area contributed by atoms with Gasteiger partial charge in [-0.3, -0.25) is 0 Å². The van der Waals surface area contributed by atoms with Crippen LogP contribution in [-0.2, 0) is 6.42 Å². The van der Waals surface area contributed by atoms with Crippen LogP contribution in [0, 0.1) is 0 Å². The Balaban J connectivity index is 1.87. The number of anilines is 1. The van der Waals surface area contributed by atoms with Gasteiger partial charge in [0.25, 0.3) is 0 Å². The van der Waals surface area contributed by atoms with Gasteiger partial charge in [0.2, 0.25) is 0 Å². The maximum atomic E-state index is 5.78. The summed E-state index contributed by atoms with van der Waals surface area (Å²) in [7, 11) is 2.29. The summed E-state index contributed by atoms with van der Waals surface area (Å²) in [5.41, 5.74) is 5.78. The average molecular weight is 252 g/mol. The first-order valence-corrected chi connectivity index (χ1v) is 7.54. The molecule has 17 heavy (non-hydrogen) atoms. The van der Waals surface area contributed by atoms with Crippen LogP contribution in [0.3, 0.4) is 0 Å². The van der Waals surface area contributed by atoms with Gasteiger partial charge in [-0.2, -0.15) is 0 Å². The molecule has 0 aliphatic heterocycles. The second-order valence-electron chi connectivity index (χ2n) is 5.31. The minimum Gasteiger partial charge on any atom is -0.391 e. The van der Waals surface area contributed by atoms with E-state index in [2.05, 4.69) is 24.9 Å². The molecule has 2 N–H and O–H groups in total. The highest BCUT2D eigenvalue weighted by Crippen LogP contribution is 2.25. The first kappa shape index (κ1) is 12.9. The lowest BCUT2D eigenvalue weighted by Crippen LogP contribution is -2.40. The highest BCUT2D eigenvalue weighted by molar-refractivity contribution is 7.15. The molecule has 1 fully saturated rings. The maximum Gasteiger partial charge on any atom is 0.0859 e. The predicted molar refractivity (Wildman–Crippen MR) is 76.5 cm³/mol. The molecule has 0 amide bonds. The average Bonchev–Trinajstić information content (AvgIpc) is 2.75. The van der Waals surface area contributed by atoms with Crippen LogP contribution in [0.4, 0.5) is 5.00 Å². The van der Waals surface area contributed by atoms with E-state index < -0.39 is 0 Å². The van der Waals surface area contributed by atoms with Crippen LogP contribution in [-0.4, -0.2) is 24.0 Å². The van der Waals surface area contributed by atoms with Gasteiger partial charge in [-0.1, -0.05) is 19.3 Å². The van der Waals surface area contributed by atoms with E-state index >= 15 is 0 Å².